The lowest BCUT2D eigenvalue weighted by molar-refractivity contribution is 0.00578. The van der Waals surface area contributed by atoms with Gasteiger partial charge in [0.15, 0.2) is 0 Å². The van der Waals surface area contributed by atoms with E-state index >= 15 is 8.78 Å². The molecule has 166 valence electrons. The Morgan fingerprint density at radius 2 is 1.77 bits per heavy atom. The number of carbonyl (C=O) groups is 1. The normalized spacial score (nSPS) is 25.1. The molecule has 2 atom stereocenters. The SMILES string of the molecule is CNC(=O)OC1CCc2cc(F)c(B3OC(C)(C)C(C)(C)O3)c(F)c2C1C(C)(C)C. The van der Waals surface area contributed by atoms with Gasteiger partial charge in [0.1, 0.15) is 17.7 Å². The van der Waals surface area contributed by atoms with Crippen LogP contribution in [0.25, 0.3) is 0 Å². The van der Waals surface area contributed by atoms with Gasteiger partial charge in [-0.25, -0.2) is 13.6 Å². The Labute approximate surface area is 178 Å². The van der Waals surface area contributed by atoms with E-state index in [1.807, 2.05) is 48.5 Å². The monoisotopic (exact) mass is 423 g/mol. The first-order chi connectivity index (χ1) is 13.7. The number of carbonyl (C=O) groups excluding carboxylic acids is 1. The fourth-order valence-electron chi connectivity index (χ4n) is 4.38. The fourth-order valence-corrected chi connectivity index (χ4v) is 4.38. The highest BCUT2D eigenvalue weighted by Gasteiger charge is 2.54. The van der Waals surface area contributed by atoms with E-state index in [-0.39, 0.29) is 5.46 Å². The molecule has 2 unspecified atom stereocenters. The number of rotatable bonds is 2. The first-order valence-electron chi connectivity index (χ1n) is 10.4. The smallest absolute Gasteiger partial charge is 0.446 e. The number of amides is 1. The minimum atomic E-state index is -1.15. The minimum Gasteiger partial charge on any atom is -0.446 e. The van der Waals surface area contributed by atoms with Crippen molar-refractivity contribution in [2.24, 2.45) is 5.41 Å². The molecule has 8 heteroatoms. The first kappa shape index (κ1) is 23.0. The van der Waals surface area contributed by atoms with Gasteiger partial charge >= 0.3 is 13.2 Å². The summed E-state index contributed by atoms with van der Waals surface area (Å²) in [5.74, 6) is -1.79. The molecule has 1 aromatic carbocycles. The molecule has 2 aliphatic rings. The lowest BCUT2D eigenvalue weighted by atomic mass is 9.65. The third kappa shape index (κ3) is 3.84. The van der Waals surface area contributed by atoms with E-state index in [1.54, 1.807) is 0 Å². The van der Waals surface area contributed by atoms with Crippen LogP contribution in [0.3, 0.4) is 0 Å². The standard InChI is InChI=1S/C22H32BF2NO4/c1-20(2,3)16-14(28-19(27)26-8)10-9-12-11-13(24)17(18(25)15(12)16)23-29-21(4,5)22(6,7)30-23/h11,14,16H,9-10H2,1-8H3,(H,26,27). The quantitative estimate of drug-likeness (QED) is 0.729. The van der Waals surface area contributed by atoms with E-state index in [9.17, 15) is 4.79 Å². The molecule has 1 heterocycles. The number of alkyl carbamates (subject to hydrolysis) is 1. The predicted octanol–water partition coefficient (Wildman–Crippen LogP) is 4.06. The second-order valence-electron chi connectivity index (χ2n) is 10.3. The average Bonchev–Trinajstić information content (AvgIpc) is 2.81. The summed E-state index contributed by atoms with van der Waals surface area (Å²) in [5, 5.41) is 2.45. The van der Waals surface area contributed by atoms with Gasteiger partial charge in [-0.3, -0.25) is 0 Å². The summed E-state index contributed by atoms with van der Waals surface area (Å²) in [4.78, 5) is 11.9. The molecule has 1 aliphatic heterocycles. The fraction of sp³-hybridized carbons (Fsp3) is 0.682. The molecule has 1 fully saturated rings. The number of hydrogen-bond donors (Lipinski definition) is 1. The predicted molar refractivity (Wildman–Crippen MR) is 112 cm³/mol. The molecule has 0 aromatic heterocycles. The molecule has 1 saturated heterocycles. The van der Waals surface area contributed by atoms with Crippen LogP contribution in [0.2, 0.25) is 0 Å². The Hall–Kier alpha value is -1.67. The van der Waals surface area contributed by atoms with Crippen molar-refractivity contribution in [2.75, 3.05) is 7.05 Å². The van der Waals surface area contributed by atoms with Crippen LogP contribution in [0.15, 0.2) is 6.07 Å². The van der Waals surface area contributed by atoms with Crippen LogP contribution in [0.4, 0.5) is 13.6 Å². The third-order valence-corrected chi connectivity index (χ3v) is 6.64. The van der Waals surface area contributed by atoms with Crippen LogP contribution in [0.1, 0.15) is 71.9 Å². The molecule has 1 amide bonds. The van der Waals surface area contributed by atoms with Crippen molar-refractivity contribution in [3.63, 3.8) is 0 Å². The van der Waals surface area contributed by atoms with Gasteiger partial charge in [0.05, 0.1) is 16.7 Å². The lowest BCUT2D eigenvalue weighted by Gasteiger charge is -2.41. The molecule has 0 radical (unpaired) electrons. The van der Waals surface area contributed by atoms with Crippen molar-refractivity contribution < 1.29 is 27.6 Å². The summed E-state index contributed by atoms with van der Waals surface area (Å²) in [5.41, 5.74) is -1.11. The van der Waals surface area contributed by atoms with E-state index < -0.39 is 53.5 Å². The second-order valence-corrected chi connectivity index (χ2v) is 10.3. The van der Waals surface area contributed by atoms with E-state index in [0.29, 0.717) is 24.0 Å². The van der Waals surface area contributed by atoms with Crippen LogP contribution in [-0.2, 0) is 20.5 Å². The largest absolute Gasteiger partial charge is 0.500 e. The molecular weight excluding hydrogens is 391 g/mol. The van der Waals surface area contributed by atoms with Crippen molar-refractivity contribution in [2.45, 2.75) is 84.5 Å². The first-order valence-corrected chi connectivity index (χ1v) is 10.4. The van der Waals surface area contributed by atoms with Gasteiger partial charge in [0.2, 0.25) is 0 Å². The Balaban J connectivity index is 2.12. The van der Waals surface area contributed by atoms with Gasteiger partial charge < -0.3 is 19.4 Å². The maximum absolute atomic E-state index is 16.0. The molecule has 30 heavy (non-hydrogen) atoms. The molecule has 0 spiro atoms. The van der Waals surface area contributed by atoms with Crippen LogP contribution in [-0.4, -0.2) is 37.6 Å². The van der Waals surface area contributed by atoms with Gasteiger partial charge in [-0.1, -0.05) is 20.8 Å². The number of hydrogen-bond acceptors (Lipinski definition) is 4. The molecular formula is C22H32BF2NO4. The maximum atomic E-state index is 16.0. The highest BCUT2D eigenvalue weighted by Crippen LogP contribution is 2.46. The molecule has 1 N–H and O–H groups in total. The second kappa shape index (κ2) is 7.48. The number of aryl methyl sites for hydroxylation is 1. The van der Waals surface area contributed by atoms with E-state index in [0.717, 1.165) is 0 Å². The molecule has 1 aliphatic carbocycles. The van der Waals surface area contributed by atoms with Crippen LogP contribution < -0.4 is 10.8 Å². The Kier molecular flexibility index (Phi) is 5.74. The van der Waals surface area contributed by atoms with Crippen LogP contribution in [0.5, 0.6) is 0 Å². The van der Waals surface area contributed by atoms with Crippen LogP contribution >= 0.6 is 0 Å². The minimum absolute atomic E-state index is 0.220. The zero-order chi connectivity index (χ0) is 22.6. The number of nitrogens with one attached hydrogen (secondary N) is 1. The van der Waals surface area contributed by atoms with Gasteiger partial charge in [-0.15, -0.1) is 0 Å². The summed E-state index contributed by atoms with van der Waals surface area (Å²) >= 11 is 0. The highest BCUT2D eigenvalue weighted by atomic mass is 19.1. The molecule has 5 nitrogen and oxygen atoms in total. The molecule has 0 saturated carbocycles. The number of ether oxygens (including phenoxy) is 1. The zero-order valence-corrected chi connectivity index (χ0v) is 19.1. The molecule has 1 aromatic rings. The molecule has 3 rings (SSSR count). The Morgan fingerprint density at radius 1 is 1.20 bits per heavy atom. The van der Waals surface area contributed by atoms with E-state index in [4.69, 9.17) is 14.0 Å². The number of fused-ring (bicyclic) bond motifs is 1. The van der Waals surface area contributed by atoms with Crippen molar-refractivity contribution in [3.05, 3.63) is 28.8 Å². The van der Waals surface area contributed by atoms with Crippen molar-refractivity contribution in [1.29, 1.82) is 0 Å². The Morgan fingerprint density at radius 3 is 2.27 bits per heavy atom. The Bertz CT molecular complexity index is 835. The van der Waals surface area contributed by atoms with Crippen LogP contribution in [0, 0.1) is 17.0 Å². The van der Waals surface area contributed by atoms with Crippen molar-refractivity contribution in [3.8, 4) is 0 Å². The summed E-state index contributed by atoms with van der Waals surface area (Å²) in [6.07, 6.45) is -0.173. The van der Waals surface area contributed by atoms with Gasteiger partial charge in [-0.2, -0.15) is 0 Å². The van der Waals surface area contributed by atoms with Gasteiger partial charge in [0.25, 0.3) is 0 Å². The third-order valence-electron chi connectivity index (χ3n) is 6.64. The zero-order valence-electron chi connectivity index (χ0n) is 19.1. The van der Waals surface area contributed by atoms with Gasteiger partial charge in [0, 0.05) is 13.0 Å². The summed E-state index contributed by atoms with van der Waals surface area (Å²) in [6.45, 7) is 13.2. The van der Waals surface area contributed by atoms with E-state index in [1.165, 1.54) is 13.1 Å². The number of benzene rings is 1. The van der Waals surface area contributed by atoms with Crippen molar-refractivity contribution in [1.82, 2.24) is 5.32 Å². The summed E-state index contributed by atoms with van der Waals surface area (Å²) < 4.78 is 48.5. The average molecular weight is 423 g/mol. The lowest BCUT2D eigenvalue weighted by Crippen LogP contribution is -2.44. The highest BCUT2D eigenvalue weighted by molar-refractivity contribution is 6.62. The topological polar surface area (TPSA) is 56.8 Å². The van der Waals surface area contributed by atoms with E-state index in [2.05, 4.69) is 5.32 Å². The summed E-state index contributed by atoms with van der Waals surface area (Å²) in [6, 6.07) is 1.38. The number of halogens is 2. The maximum Gasteiger partial charge on any atom is 0.500 e. The van der Waals surface area contributed by atoms with Crippen molar-refractivity contribution >= 4 is 18.7 Å². The summed E-state index contributed by atoms with van der Waals surface area (Å²) in [7, 11) is 0.332. The van der Waals surface area contributed by atoms with Gasteiger partial charge in [-0.05, 0) is 63.1 Å². The molecule has 0 bridgehead atoms.